The van der Waals surface area contributed by atoms with Gasteiger partial charge >= 0.3 is 5.97 Å². The van der Waals surface area contributed by atoms with Crippen LogP contribution in [-0.2, 0) is 45.7 Å². The first-order valence-electron chi connectivity index (χ1n) is 25.2. The highest BCUT2D eigenvalue weighted by molar-refractivity contribution is 6.35. The van der Waals surface area contributed by atoms with E-state index in [-0.39, 0.29) is 55.8 Å². The standard InChI is InChI=1S/C54H58ClN7O8.C2H6/c1-31-47(32(2)58(6)57-31)48-39(55)20-19-36-35(16-11-27-68-43-17-9-13-33-12-7-8-14-34(33)43)50(53(67)70-54(3,4)5)61(49(36)48)26-24-59-23-25-60(42-28-41(42)59)46(64)30-69-44-18-10-15-37-38(44)29-62(52(37)66)40-21-22-45(63)56-51(40)65;1-2/h7-10,12-15,17-20,40-42H,11,16,21-30H2,1-6H3,(H,56,63,65);1-2H3. The number of piperidine rings is 1. The monoisotopic (exact) mass is 997 g/mol. The minimum Gasteiger partial charge on any atom is -0.493 e. The average Bonchev–Trinajstić information content (AvgIpc) is 3.93. The van der Waals surface area contributed by atoms with Crippen LogP contribution in [-0.4, -0.2) is 115 Å². The topological polar surface area (TPSA) is 158 Å². The number of benzene rings is 4. The molecule has 3 fully saturated rings. The molecule has 1 aliphatic carbocycles. The number of ether oxygens (including phenoxy) is 3. The van der Waals surface area contributed by atoms with Gasteiger partial charge in [-0.3, -0.25) is 34.1 Å². The third-order valence-corrected chi connectivity index (χ3v) is 14.6. The number of carbonyl (C=O) groups excluding carboxylic acids is 5. The number of rotatable bonds is 14. The van der Waals surface area contributed by atoms with Gasteiger partial charge in [0.2, 0.25) is 11.8 Å². The van der Waals surface area contributed by atoms with Crippen molar-refractivity contribution in [3.8, 4) is 22.6 Å². The number of aromatic nitrogens is 3. The fraction of sp³-hybridized carbons (Fsp3) is 0.429. The molecule has 10 rings (SSSR count). The number of aryl methyl sites for hydroxylation is 3. The van der Waals surface area contributed by atoms with E-state index in [1.165, 1.54) is 4.90 Å². The normalized spacial score (nSPS) is 18.7. The summed E-state index contributed by atoms with van der Waals surface area (Å²) in [5.41, 5.74) is 6.04. The summed E-state index contributed by atoms with van der Waals surface area (Å²) in [4.78, 5) is 72.2. The number of amides is 4. The van der Waals surface area contributed by atoms with Crippen molar-refractivity contribution in [3.05, 3.63) is 112 Å². The molecule has 6 aromatic rings. The molecular weight excluding hydrogens is 934 g/mol. The van der Waals surface area contributed by atoms with Crippen molar-refractivity contribution in [2.75, 3.05) is 32.8 Å². The van der Waals surface area contributed by atoms with Crippen LogP contribution in [0.5, 0.6) is 11.5 Å². The first-order chi connectivity index (χ1) is 34.6. The van der Waals surface area contributed by atoms with E-state index in [9.17, 15) is 24.0 Å². The van der Waals surface area contributed by atoms with Crippen LogP contribution in [0.3, 0.4) is 0 Å². The van der Waals surface area contributed by atoms with Crippen LogP contribution in [0.25, 0.3) is 32.8 Å². The van der Waals surface area contributed by atoms with E-state index in [0.717, 1.165) is 61.9 Å². The summed E-state index contributed by atoms with van der Waals surface area (Å²) < 4.78 is 22.7. The molecule has 72 heavy (non-hydrogen) atoms. The van der Waals surface area contributed by atoms with Crippen LogP contribution in [0, 0.1) is 13.8 Å². The zero-order chi connectivity index (χ0) is 51.2. The Hall–Kier alpha value is -6.71. The predicted molar refractivity (Wildman–Crippen MR) is 276 cm³/mol. The quantitative estimate of drug-likeness (QED) is 0.0637. The first-order valence-corrected chi connectivity index (χ1v) is 25.6. The molecule has 1 saturated carbocycles. The van der Waals surface area contributed by atoms with Gasteiger partial charge in [0.1, 0.15) is 28.8 Å². The van der Waals surface area contributed by atoms with Gasteiger partial charge in [0.25, 0.3) is 11.8 Å². The second-order valence-corrected chi connectivity index (χ2v) is 20.3. The summed E-state index contributed by atoms with van der Waals surface area (Å²) in [6.45, 7) is 16.2. The van der Waals surface area contributed by atoms with Crippen molar-refractivity contribution in [1.82, 2.24) is 34.4 Å². The second kappa shape index (κ2) is 20.4. The highest BCUT2D eigenvalue weighted by Gasteiger charge is 2.50. The van der Waals surface area contributed by atoms with Crippen molar-refractivity contribution in [2.24, 2.45) is 7.05 Å². The number of nitrogens with zero attached hydrogens (tertiary/aromatic N) is 6. The van der Waals surface area contributed by atoms with Gasteiger partial charge in [0, 0.05) is 90.5 Å². The van der Waals surface area contributed by atoms with E-state index in [0.29, 0.717) is 73.2 Å². The molecule has 3 aliphatic heterocycles. The highest BCUT2D eigenvalue weighted by atomic mass is 35.5. The number of halogens is 1. The van der Waals surface area contributed by atoms with E-state index in [2.05, 4.69) is 33.0 Å². The van der Waals surface area contributed by atoms with Crippen LogP contribution in [0.4, 0.5) is 0 Å². The van der Waals surface area contributed by atoms with Gasteiger partial charge in [-0.25, -0.2) is 4.79 Å². The zero-order valence-electron chi connectivity index (χ0n) is 42.5. The van der Waals surface area contributed by atoms with E-state index < -0.39 is 23.5 Å². The molecule has 16 heteroatoms. The fourth-order valence-electron chi connectivity index (χ4n) is 10.8. The maximum Gasteiger partial charge on any atom is 0.355 e. The zero-order valence-corrected chi connectivity index (χ0v) is 43.2. The minimum absolute atomic E-state index is 0.00524. The molecule has 15 nitrogen and oxygen atoms in total. The van der Waals surface area contributed by atoms with Gasteiger partial charge in [0.15, 0.2) is 6.61 Å². The SMILES string of the molecule is CC.Cc1nn(C)c(C)c1-c1c(Cl)ccc2c(CCCOc3cccc4ccccc34)c(C(=O)OC(C)(C)C)n(CCN3CCN(C(=O)COc4cccc5c4CN(C4CCC(=O)NC4=O)C5=O)C4CC43)c12. The van der Waals surface area contributed by atoms with Crippen molar-refractivity contribution < 1.29 is 38.2 Å². The van der Waals surface area contributed by atoms with Gasteiger partial charge in [-0.05, 0) is 95.5 Å². The molecule has 3 atom stereocenters. The molecule has 4 aromatic carbocycles. The van der Waals surface area contributed by atoms with Crippen LogP contribution in [0.1, 0.15) is 104 Å². The molecule has 0 radical (unpaired) electrons. The number of esters is 1. The number of carbonyl (C=O) groups is 5. The van der Waals surface area contributed by atoms with Crippen LogP contribution in [0.2, 0.25) is 5.02 Å². The van der Waals surface area contributed by atoms with Gasteiger partial charge in [-0.1, -0.05) is 74.0 Å². The van der Waals surface area contributed by atoms with Gasteiger partial charge < -0.3 is 28.6 Å². The Morgan fingerprint density at radius 1 is 0.861 bits per heavy atom. The van der Waals surface area contributed by atoms with Crippen molar-refractivity contribution >= 4 is 62.9 Å². The second-order valence-electron chi connectivity index (χ2n) is 19.9. The first kappa shape index (κ1) is 50.2. The number of imide groups is 1. The maximum absolute atomic E-state index is 14.7. The smallest absolute Gasteiger partial charge is 0.355 e. The Bertz CT molecular complexity index is 3110. The van der Waals surface area contributed by atoms with Crippen LogP contribution in [0.15, 0.2) is 72.8 Å². The van der Waals surface area contributed by atoms with Crippen LogP contribution < -0.4 is 14.8 Å². The summed E-state index contributed by atoms with van der Waals surface area (Å²) in [5, 5.41) is 10.7. The van der Waals surface area contributed by atoms with Gasteiger partial charge in [-0.2, -0.15) is 5.10 Å². The summed E-state index contributed by atoms with van der Waals surface area (Å²) in [5.74, 6) is -0.449. The third-order valence-electron chi connectivity index (χ3n) is 14.3. The molecule has 1 N–H and O–H groups in total. The lowest BCUT2D eigenvalue weighted by Gasteiger charge is -2.34. The van der Waals surface area contributed by atoms with E-state index in [1.807, 2.05) is 101 Å². The van der Waals surface area contributed by atoms with E-state index in [1.54, 1.807) is 18.2 Å². The molecule has 5 heterocycles. The summed E-state index contributed by atoms with van der Waals surface area (Å²) in [7, 11) is 1.92. The third kappa shape index (κ3) is 9.68. The Morgan fingerprint density at radius 3 is 2.36 bits per heavy atom. The van der Waals surface area contributed by atoms with Crippen LogP contribution >= 0.6 is 11.6 Å². The van der Waals surface area contributed by atoms with E-state index >= 15 is 0 Å². The lowest BCUT2D eigenvalue weighted by molar-refractivity contribution is -0.137. The Kier molecular flexibility index (Phi) is 14.3. The Labute approximate surface area is 425 Å². The number of hydrogen-bond acceptors (Lipinski definition) is 10. The molecule has 4 aliphatic rings. The molecule has 0 bridgehead atoms. The molecule has 2 saturated heterocycles. The highest BCUT2D eigenvalue weighted by Crippen LogP contribution is 2.44. The lowest BCUT2D eigenvalue weighted by atomic mass is 9.98. The van der Waals surface area contributed by atoms with Crippen molar-refractivity contribution in [3.63, 3.8) is 0 Å². The predicted octanol–water partition coefficient (Wildman–Crippen LogP) is 8.58. The number of nitrogens with one attached hydrogen (secondary N) is 1. The Morgan fingerprint density at radius 2 is 1.61 bits per heavy atom. The molecule has 2 aromatic heterocycles. The fourth-order valence-corrected chi connectivity index (χ4v) is 11.1. The molecular formula is C56H64ClN7O8. The van der Waals surface area contributed by atoms with E-state index in [4.69, 9.17) is 30.9 Å². The number of piperazine rings is 1. The van der Waals surface area contributed by atoms with Crippen molar-refractivity contribution in [1.29, 1.82) is 0 Å². The number of hydrogen-bond donors (Lipinski definition) is 1. The summed E-state index contributed by atoms with van der Waals surface area (Å²) in [6.07, 6.45) is 2.40. The summed E-state index contributed by atoms with van der Waals surface area (Å²) >= 11 is 7.24. The summed E-state index contributed by atoms with van der Waals surface area (Å²) in [6, 6.07) is 22.7. The largest absolute Gasteiger partial charge is 0.493 e. The molecule has 0 spiro atoms. The number of fused-ring (bicyclic) bond motifs is 4. The van der Waals surface area contributed by atoms with Gasteiger partial charge in [0.05, 0.1) is 29.4 Å². The molecule has 3 unspecified atom stereocenters. The van der Waals surface area contributed by atoms with Gasteiger partial charge in [-0.15, -0.1) is 0 Å². The molecule has 378 valence electrons. The average molecular weight is 999 g/mol. The minimum atomic E-state index is -0.758. The lowest BCUT2D eigenvalue weighted by Crippen LogP contribution is -2.52. The maximum atomic E-state index is 14.7. The Balaban J connectivity index is 0.00000316. The van der Waals surface area contributed by atoms with Crippen molar-refractivity contribution in [2.45, 2.75) is 117 Å². The molecule has 4 amide bonds.